The fourth-order valence-corrected chi connectivity index (χ4v) is 9.69. The molecule has 0 amide bonds. The summed E-state index contributed by atoms with van der Waals surface area (Å²) in [5, 5.41) is 2.18. The molecule has 0 saturated carbocycles. The topological polar surface area (TPSA) is 51.2 Å². The number of hydrogen-bond donors (Lipinski definition) is 0. The molecule has 60 heavy (non-hydrogen) atoms. The monoisotopic (exact) mass is 770 g/mol. The van der Waals surface area contributed by atoms with E-state index in [2.05, 4.69) is 143 Å². The molecule has 13 rings (SSSR count). The number of nitrogens with zero attached hydrogens (tertiary/aromatic N) is 2. The zero-order chi connectivity index (χ0) is 39.3. The number of hydrogen-bond acceptors (Lipinski definition) is 6. The average Bonchev–Trinajstić information content (AvgIpc) is 3.88. The van der Waals surface area contributed by atoms with E-state index in [1.807, 2.05) is 60.7 Å². The van der Waals surface area contributed by atoms with Crippen LogP contribution in [0, 0.1) is 0 Å². The quantitative estimate of drug-likeness (QED) is 0.166. The Morgan fingerprint density at radius 1 is 0.317 bits per heavy atom. The smallest absolute Gasteiger partial charge is 0.290 e. The number of para-hydroxylation sites is 10. The molecule has 2 aromatic heterocycles. The molecule has 5 heterocycles. The molecule has 0 radical (unpaired) electrons. The van der Waals surface area contributed by atoms with Gasteiger partial charge in [0.1, 0.15) is 11.2 Å². The second-order valence-electron chi connectivity index (χ2n) is 15.5. The van der Waals surface area contributed by atoms with Crippen LogP contribution >= 0.6 is 0 Å². The predicted molar refractivity (Wildman–Crippen MR) is 244 cm³/mol. The van der Waals surface area contributed by atoms with Crippen LogP contribution < -0.4 is 52.4 Å². The van der Waals surface area contributed by atoms with Gasteiger partial charge in [-0.15, -0.1) is 0 Å². The Morgan fingerprint density at radius 2 is 0.633 bits per heavy atom. The Morgan fingerprint density at radius 3 is 1.00 bits per heavy atom. The standard InChI is InChI=1S/C52H32B2N2O4/c1-7-19-43-37(13-1)49-51(59-43)54(34-27-31-36(32-28-34)56-41-17-5-11-23-47(41)58-48-24-12-6-18-42(48)56)50-38-14-2-8-20-44(38)60-52(50)53(49)33-25-29-35(30-26-33)55-39-15-3-9-21-45(39)57-46-22-10-4-16-40(46)55/h1-32H. The lowest BCUT2D eigenvalue weighted by Gasteiger charge is -2.33. The molecule has 8 heteroatoms. The molecule has 0 aliphatic carbocycles. The van der Waals surface area contributed by atoms with Gasteiger partial charge in [-0.1, -0.05) is 120 Å². The van der Waals surface area contributed by atoms with Gasteiger partial charge in [-0.3, -0.25) is 0 Å². The Bertz CT molecular complexity index is 3010. The molecule has 0 spiro atoms. The predicted octanol–water partition coefficient (Wildman–Crippen LogP) is 9.68. The lowest BCUT2D eigenvalue weighted by atomic mass is 9.24. The van der Waals surface area contributed by atoms with Gasteiger partial charge in [0, 0.05) is 22.1 Å². The lowest BCUT2D eigenvalue weighted by Crippen LogP contribution is -2.73. The number of furan rings is 2. The van der Waals surface area contributed by atoms with E-state index in [9.17, 15) is 0 Å². The molecule has 0 fully saturated rings. The van der Waals surface area contributed by atoms with Crippen molar-refractivity contribution in [1.82, 2.24) is 0 Å². The first kappa shape index (κ1) is 33.2. The van der Waals surface area contributed by atoms with Gasteiger partial charge in [0.25, 0.3) is 13.4 Å². The van der Waals surface area contributed by atoms with Gasteiger partial charge in [0.2, 0.25) is 0 Å². The van der Waals surface area contributed by atoms with E-state index in [-0.39, 0.29) is 13.4 Å². The number of ether oxygens (including phenoxy) is 2. The Balaban J connectivity index is 0.967. The zero-order valence-corrected chi connectivity index (χ0v) is 32.2. The van der Waals surface area contributed by atoms with Crippen molar-refractivity contribution in [2.75, 3.05) is 9.80 Å². The highest BCUT2D eigenvalue weighted by Gasteiger charge is 2.46. The molecule has 3 aliphatic heterocycles. The van der Waals surface area contributed by atoms with Crippen molar-refractivity contribution in [2.45, 2.75) is 0 Å². The lowest BCUT2D eigenvalue weighted by molar-refractivity contribution is 0.477. The second-order valence-corrected chi connectivity index (χ2v) is 15.5. The SMILES string of the molecule is c1ccc2c(c1)Oc1ccccc1N2c1ccc(B2c3oc4ccccc4c3B(c3ccc(N4c5ccccc5Oc5ccccc54)cc3)c3oc4ccccc4c32)cc1. The van der Waals surface area contributed by atoms with Crippen LogP contribution in [0.3, 0.4) is 0 Å². The van der Waals surface area contributed by atoms with E-state index >= 15 is 0 Å². The van der Waals surface area contributed by atoms with Crippen LogP contribution in [0.15, 0.2) is 203 Å². The van der Waals surface area contributed by atoms with Crippen molar-refractivity contribution >= 4 is 103 Å². The van der Waals surface area contributed by atoms with Crippen LogP contribution in [-0.4, -0.2) is 13.4 Å². The number of benzene rings is 8. The van der Waals surface area contributed by atoms with Crippen molar-refractivity contribution < 1.29 is 18.3 Å². The third kappa shape index (κ3) is 4.85. The zero-order valence-electron chi connectivity index (χ0n) is 32.2. The van der Waals surface area contributed by atoms with Crippen molar-refractivity contribution in [3.63, 3.8) is 0 Å². The molecule has 10 aromatic rings. The fourth-order valence-electron chi connectivity index (χ4n) is 9.69. The van der Waals surface area contributed by atoms with Crippen LogP contribution in [0.4, 0.5) is 34.1 Å². The summed E-state index contributed by atoms with van der Waals surface area (Å²) in [6, 6.07) is 67.4. The molecule has 6 nitrogen and oxygen atoms in total. The fraction of sp³-hybridized carbons (Fsp3) is 0. The molecule has 8 aromatic carbocycles. The first-order valence-corrected chi connectivity index (χ1v) is 20.3. The van der Waals surface area contributed by atoms with E-state index in [0.29, 0.717) is 0 Å². The molecule has 0 unspecified atom stereocenters. The van der Waals surface area contributed by atoms with Gasteiger partial charge in [-0.05, 0) is 95.9 Å². The second kappa shape index (κ2) is 12.8. The Kier molecular flexibility index (Phi) is 7.10. The van der Waals surface area contributed by atoms with Crippen molar-refractivity contribution in [3.05, 3.63) is 194 Å². The minimum absolute atomic E-state index is 0.207. The maximum atomic E-state index is 7.03. The third-order valence-electron chi connectivity index (χ3n) is 12.3. The molecule has 0 saturated heterocycles. The minimum atomic E-state index is -0.207. The molecule has 280 valence electrons. The first-order valence-electron chi connectivity index (χ1n) is 20.3. The largest absolute Gasteiger partial charge is 0.471 e. The van der Waals surface area contributed by atoms with Gasteiger partial charge >= 0.3 is 0 Å². The van der Waals surface area contributed by atoms with Crippen molar-refractivity contribution in [3.8, 4) is 23.0 Å². The highest BCUT2D eigenvalue weighted by atomic mass is 16.5. The van der Waals surface area contributed by atoms with E-state index in [1.54, 1.807) is 0 Å². The van der Waals surface area contributed by atoms with Gasteiger partial charge in [0.05, 0.1) is 34.1 Å². The average molecular weight is 770 g/mol. The summed E-state index contributed by atoms with van der Waals surface area (Å²) in [7, 11) is 0. The number of anilines is 6. The van der Waals surface area contributed by atoms with Crippen LogP contribution in [0.5, 0.6) is 23.0 Å². The van der Waals surface area contributed by atoms with E-state index in [0.717, 1.165) is 112 Å². The van der Waals surface area contributed by atoms with Gasteiger partial charge in [0.15, 0.2) is 23.0 Å². The molecule has 3 aliphatic rings. The van der Waals surface area contributed by atoms with E-state index in [1.165, 1.54) is 0 Å². The van der Waals surface area contributed by atoms with Crippen LogP contribution in [0.1, 0.15) is 0 Å². The maximum absolute atomic E-state index is 7.03. The summed E-state index contributed by atoms with van der Waals surface area (Å²) >= 11 is 0. The van der Waals surface area contributed by atoms with Gasteiger partial charge < -0.3 is 28.1 Å². The summed E-state index contributed by atoms with van der Waals surface area (Å²) < 4.78 is 26.7. The van der Waals surface area contributed by atoms with Crippen LogP contribution in [-0.2, 0) is 0 Å². The highest BCUT2D eigenvalue weighted by molar-refractivity contribution is 7.12. The maximum Gasteiger partial charge on any atom is 0.290 e. The minimum Gasteiger partial charge on any atom is -0.471 e. The third-order valence-corrected chi connectivity index (χ3v) is 12.3. The summed E-state index contributed by atoms with van der Waals surface area (Å²) in [5.74, 6) is 3.31. The molecule has 0 atom stereocenters. The highest BCUT2D eigenvalue weighted by Crippen LogP contribution is 2.51. The molecule has 0 bridgehead atoms. The van der Waals surface area contributed by atoms with E-state index in [4.69, 9.17) is 18.3 Å². The normalized spacial score (nSPS) is 13.5. The summed E-state index contributed by atoms with van der Waals surface area (Å²) in [5.41, 5.74) is 14.2. The van der Waals surface area contributed by atoms with Crippen LogP contribution in [0.2, 0.25) is 0 Å². The molecular formula is C52H32B2N2O4. The van der Waals surface area contributed by atoms with Gasteiger partial charge in [-0.2, -0.15) is 0 Å². The van der Waals surface area contributed by atoms with Crippen molar-refractivity contribution in [1.29, 1.82) is 0 Å². The van der Waals surface area contributed by atoms with E-state index < -0.39 is 0 Å². The number of fused-ring (bicyclic) bond motifs is 10. The Hall–Kier alpha value is -7.83. The summed E-state index contributed by atoms with van der Waals surface area (Å²) in [6.07, 6.45) is 0. The first-order chi connectivity index (χ1) is 29.8. The number of rotatable bonds is 4. The van der Waals surface area contributed by atoms with Crippen LogP contribution in [0.25, 0.3) is 21.9 Å². The van der Waals surface area contributed by atoms with Crippen molar-refractivity contribution in [2.24, 2.45) is 0 Å². The Labute approximate surface area is 346 Å². The summed E-state index contributed by atoms with van der Waals surface area (Å²) in [4.78, 5) is 4.55. The molecule has 0 N–H and O–H groups in total. The summed E-state index contributed by atoms with van der Waals surface area (Å²) in [6.45, 7) is -0.414. The van der Waals surface area contributed by atoms with Gasteiger partial charge in [-0.25, -0.2) is 0 Å². The molecular weight excluding hydrogens is 738 g/mol.